The molecule has 1 heterocycles. The van der Waals surface area contributed by atoms with E-state index in [0.717, 1.165) is 0 Å². The summed E-state index contributed by atoms with van der Waals surface area (Å²) in [4.78, 5) is 25.9. The number of nitro benzene ring substituents is 1. The molecule has 0 aliphatic carbocycles. The molecule has 0 unspecified atom stereocenters. The van der Waals surface area contributed by atoms with Crippen molar-refractivity contribution < 1.29 is 14.1 Å². The molecular weight excluding hydrogens is 240 g/mol. The zero-order valence-corrected chi connectivity index (χ0v) is 9.80. The molecule has 0 atom stereocenters. The molecule has 1 aromatic carbocycles. The number of non-ortho nitro benzene ring substituents is 1. The van der Waals surface area contributed by atoms with Crippen molar-refractivity contribution in [3.05, 3.63) is 38.2 Å². The van der Waals surface area contributed by atoms with E-state index >= 15 is 0 Å². The molecule has 0 N–H and O–H groups in total. The molecule has 0 spiro atoms. The fourth-order valence-electron chi connectivity index (χ4n) is 1.65. The Morgan fingerprint density at radius 2 is 2.22 bits per heavy atom. The van der Waals surface area contributed by atoms with E-state index in [4.69, 9.17) is 9.15 Å². The van der Waals surface area contributed by atoms with Crippen LogP contribution in [0, 0.1) is 17.0 Å². The second kappa shape index (κ2) is 4.44. The van der Waals surface area contributed by atoms with Gasteiger partial charge in [-0.25, -0.2) is 4.79 Å². The molecule has 0 bridgehead atoms. The second-order valence-corrected chi connectivity index (χ2v) is 3.61. The fourth-order valence-corrected chi connectivity index (χ4v) is 1.65. The average molecular weight is 250 g/mol. The fraction of sp³-hybridized carbons (Fsp3) is 0.273. The highest BCUT2D eigenvalue weighted by atomic mass is 16.6. The summed E-state index contributed by atoms with van der Waals surface area (Å²) in [6.45, 7) is 3.59. The topological polar surface area (TPSA) is 95.5 Å². The normalized spacial score (nSPS) is 10.6. The Bertz CT molecular complexity index is 677. The van der Waals surface area contributed by atoms with Gasteiger partial charge in [0.05, 0.1) is 22.4 Å². The Hall–Kier alpha value is -2.44. The molecule has 94 valence electrons. The summed E-state index contributed by atoms with van der Waals surface area (Å²) in [6, 6.07) is 2.53. The molecule has 0 saturated carbocycles. The number of fused-ring (bicyclic) bond motifs is 1. The molecule has 0 aliphatic heterocycles. The third-order valence-electron chi connectivity index (χ3n) is 2.37. The van der Waals surface area contributed by atoms with Crippen LogP contribution in [0.15, 0.2) is 21.3 Å². The van der Waals surface area contributed by atoms with Crippen LogP contribution in [-0.2, 0) is 0 Å². The van der Waals surface area contributed by atoms with E-state index in [2.05, 4.69) is 4.98 Å². The first-order valence-corrected chi connectivity index (χ1v) is 5.25. The van der Waals surface area contributed by atoms with E-state index in [1.807, 2.05) is 0 Å². The Morgan fingerprint density at radius 1 is 1.50 bits per heavy atom. The summed E-state index contributed by atoms with van der Waals surface area (Å²) in [6.07, 6.45) is -0.185. The Labute approximate surface area is 101 Å². The monoisotopic (exact) mass is 250 g/mol. The third kappa shape index (κ3) is 2.02. The number of hydrogen-bond donors (Lipinski definition) is 0. The van der Waals surface area contributed by atoms with Crippen molar-refractivity contribution in [2.45, 2.75) is 13.8 Å². The van der Waals surface area contributed by atoms with E-state index in [9.17, 15) is 14.9 Å². The Morgan fingerprint density at radius 3 is 2.83 bits per heavy atom. The highest BCUT2D eigenvalue weighted by molar-refractivity contribution is 5.83. The van der Waals surface area contributed by atoms with Gasteiger partial charge in [-0.1, -0.05) is 0 Å². The zero-order chi connectivity index (χ0) is 13.3. The maximum absolute atomic E-state index is 11.7. The highest BCUT2D eigenvalue weighted by Gasteiger charge is 2.15. The van der Waals surface area contributed by atoms with Gasteiger partial charge in [-0.2, -0.15) is 4.98 Å². The number of nitrogens with zero attached hydrogens (tertiary/aromatic N) is 2. The van der Waals surface area contributed by atoms with Crippen LogP contribution in [0.1, 0.15) is 12.5 Å². The number of benzene rings is 1. The molecule has 18 heavy (non-hydrogen) atoms. The van der Waals surface area contributed by atoms with Crippen LogP contribution in [-0.4, -0.2) is 16.5 Å². The molecule has 0 amide bonds. The quantitative estimate of drug-likeness (QED) is 0.608. The smallest absolute Gasteiger partial charge is 0.397 e. The van der Waals surface area contributed by atoms with E-state index in [0.29, 0.717) is 5.56 Å². The van der Waals surface area contributed by atoms with Gasteiger partial charge in [0.1, 0.15) is 0 Å². The van der Waals surface area contributed by atoms with E-state index in [-0.39, 0.29) is 29.3 Å². The maximum atomic E-state index is 11.7. The molecule has 2 aromatic rings. The molecule has 0 saturated heterocycles. The van der Waals surface area contributed by atoms with Crippen LogP contribution in [0.25, 0.3) is 10.9 Å². The predicted octanol–water partition coefficient (Wildman–Crippen LogP) is 1.80. The minimum atomic E-state index is -0.615. The summed E-state index contributed by atoms with van der Waals surface area (Å²) in [5, 5.41) is 11.0. The number of nitro groups is 1. The van der Waals surface area contributed by atoms with E-state index < -0.39 is 10.5 Å². The third-order valence-corrected chi connectivity index (χ3v) is 2.37. The summed E-state index contributed by atoms with van der Waals surface area (Å²) < 4.78 is 9.84. The summed E-state index contributed by atoms with van der Waals surface area (Å²) in [5.41, 5.74) is -0.0960. The van der Waals surface area contributed by atoms with Crippen molar-refractivity contribution in [2.24, 2.45) is 0 Å². The van der Waals surface area contributed by atoms with Crippen LogP contribution in [0.5, 0.6) is 6.08 Å². The second-order valence-electron chi connectivity index (χ2n) is 3.61. The first kappa shape index (κ1) is 12.0. The lowest BCUT2D eigenvalue weighted by atomic mass is 10.1. The standard InChI is InChI=1S/C11H10N2O5/c1-3-17-11-12-8-5-7(13(15)16)4-6(2)9(8)10(14)18-11/h4-5H,3H2,1-2H3. The largest absolute Gasteiger partial charge is 0.450 e. The van der Waals surface area contributed by atoms with Gasteiger partial charge in [-0.3, -0.25) is 10.1 Å². The van der Waals surface area contributed by atoms with Crippen molar-refractivity contribution in [2.75, 3.05) is 6.61 Å². The summed E-state index contributed by atoms with van der Waals surface area (Å²) >= 11 is 0. The zero-order valence-electron chi connectivity index (χ0n) is 9.80. The van der Waals surface area contributed by atoms with Crippen molar-refractivity contribution in [3.63, 3.8) is 0 Å². The van der Waals surface area contributed by atoms with E-state index in [1.54, 1.807) is 13.8 Å². The first-order chi connectivity index (χ1) is 8.52. The van der Waals surface area contributed by atoms with Gasteiger partial charge in [-0.05, 0) is 19.4 Å². The summed E-state index contributed by atoms with van der Waals surface area (Å²) in [7, 11) is 0. The first-order valence-electron chi connectivity index (χ1n) is 5.25. The minimum Gasteiger partial charge on any atom is -0.450 e. The number of hydrogen-bond acceptors (Lipinski definition) is 6. The average Bonchev–Trinajstić information content (AvgIpc) is 2.28. The van der Waals surface area contributed by atoms with Crippen LogP contribution in [0.3, 0.4) is 0 Å². The number of ether oxygens (including phenoxy) is 1. The minimum absolute atomic E-state index is 0.124. The van der Waals surface area contributed by atoms with Crippen molar-refractivity contribution in [3.8, 4) is 6.08 Å². The van der Waals surface area contributed by atoms with Gasteiger partial charge in [-0.15, -0.1) is 0 Å². The lowest BCUT2D eigenvalue weighted by molar-refractivity contribution is -0.384. The highest BCUT2D eigenvalue weighted by Crippen LogP contribution is 2.22. The van der Waals surface area contributed by atoms with Crippen molar-refractivity contribution >= 4 is 16.6 Å². The summed E-state index contributed by atoms with van der Waals surface area (Å²) in [5.74, 6) is 0. The van der Waals surface area contributed by atoms with Gasteiger partial charge < -0.3 is 9.15 Å². The molecule has 1 aromatic heterocycles. The molecular formula is C11H10N2O5. The lowest BCUT2D eigenvalue weighted by Crippen LogP contribution is -2.07. The number of aromatic nitrogens is 1. The van der Waals surface area contributed by atoms with Gasteiger partial charge in [0, 0.05) is 12.1 Å². The van der Waals surface area contributed by atoms with E-state index in [1.165, 1.54) is 12.1 Å². The van der Waals surface area contributed by atoms with Crippen molar-refractivity contribution in [1.29, 1.82) is 0 Å². The molecule has 0 aliphatic rings. The Balaban J connectivity index is 2.76. The molecule has 7 heteroatoms. The number of rotatable bonds is 3. The van der Waals surface area contributed by atoms with Crippen LogP contribution in [0.2, 0.25) is 0 Å². The van der Waals surface area contributed by atoms with Crippen LogP contribution >= 0.6 is 0 Å². The van der Waals surface area contributed by atoms with Gasteiger partial charge in [0.2, 0.25) is 0 Å². The van der Waals surface area contributed by atoms with Gasteiger partial charge in [0.15, 0.2) is 0 Å². The van der Waals surface area contributed by atoms with Crippen LogP contribution < -0.4 is 10.4 Å². The molecule has 7 nitrogen and oxygen atoms in total. The predicted molar refractivity (Wildman–Crippen MR) is 62.8 cm³/mol. The SMILES string of the molecule is CCOc1nc2cc([N+](=O)[O-])cc(C)c2c(=O)o1. The lowest BCUT2D eigenvalue weighted by Gasteiger charge is -2.03. The van der Waals surface area contributed by atoms with Crippen molar-refractivity contribution in [1.82, 2.24) is 4.98 Å². The molecule has 0 radical (unpaired) electrons. The number of aryl methyl sites for hydroxylation is 1. The Kier molecular flexibility index (Phi) is 2.97. The molecule has 0 fully saturated rings. The van der Waals surface area contributed by atoms with Crippen LogP contribution in [0.4, 0.5) is 5.69 Å². The molecule has 2 rings (SSSR count). The van der Waals surface area contributed by atoms with Gasteiger partial charge >= 0.3 is 11.7 Å². The maximum Gasteiger partial charge on any atom is 0.397 e. The van der Waals surface area contributed by atoms with Gasteiger partial charge in [0.25, 0.3) is 5.69 Å².